The summed E-state index contributed by atoms with van der Waals surface area (Å²) in [5.74, 6) is 1.70. The largest absolute Gasteiger partial charge is 0.393 e. The van der Waals surface area contributed by atoms with E-state index >= 15 is 0 Å². The van der Waals surface area contributed by atoms with E-state index in [1.807, 2.05) is 6.92 Å². The fraction of sp³-hybridized carbons (Fsp3) is 0.833. The number of fused-ring (bicyclic) bond motifs is 5. The minimum atomic E-state index is -0.192. The molecule has 0 radical (unpaired) electrons. The molecule has 0 heterocycles. The molecule has 0 spiro atoms. The highest BCUT2D eigenvalue weighted by Gasteiger charge is 2.65. The first kappa shape index (κ1) is 25.2. The quantitative estimate of drug-likeness (QED) is 0.355. The summed E-state index contributed by atoms with van der Waals surface area (Å²) in [6.07, 6.45) is 15.4. The lowest BCUT2D eigenvalue weighted by Crippen LogP contribution is -2.58. The number of hydrogen-bond donors (Lipinski definition) is 2. The van der Waals surface area contributed by atoms with Gasteiger partial charge in [-0.15, -0.1) is 0 Å². The molecule has 0 amide bonds. The van der Waals surface area contributed by atoms with E-state index in [1.54, 1.807) is 5.57 Å². The number of carbonyl (C=O) groups is 1. The van der Waals surface area contributed by atoms with Crippen molar-refractivity contribution in [1.29, 1.82) is 0 Å². The van der Waals surface area contributed by atoms with Crippen LogP contribution in [0.4, 0.5) is 0 Å². The minimum absolute atomic E-state index is 0.0300. The van der Waals surface area contributed by atoms with Gasteiger partial charge in [-0.3, -0.25) is 0 Å². The van der Waals surface area contributed by atoms with Crippen LogP contribution in [0.3, 0.4) is 0 Å². The van der Waals surface area contributed by atoms with Crippen LogP contribution in [-0.2, 0) is 4.79 Å². The smallest absolute Gasteiger partial charge is 0.123 e. The van der Waals surface area contributed by atoms with Crippen LogP contribution in [0.2, 0.25) is 0 Å². The van der Waals surface area contributed by atoms with Crippen LogP contribution in [0.1, 0.15) is 99.3 Å². The van der Waals surface area contributed by atoms with Gasteiger partial charge in [0.25, 0.3) is 0 Å². The molecule has 3 saturated carbocycles. The van der Waals surface area contributed by atoms with E-state index in [2.05, 4.69) is 46.8 Å². The molecule has 0 bridgehead atoms. The molecule has 4 aliphatic rings. The third-order valence-electron chi connectivity index (χ3n) is 11.8. The number of aldehydes is 1. The first-order valence-electron chi connectivity index (χ1n) is 13.6. The fourth-order valence-electron chi connectivity index (χ4n) is 9.38. The van der Waals surface area contributed by atoms with Crippen molar-refractivity contribution < 1.29 is 15.0 Å². The second-order valence-electron chi connectivity index (χ2n) is 13.4. The Labute approximate surface area is 202 Å². The fourth-order valence-corrected chi connectivity index (χ4v) is 9.38. The van der Waals surface area contributed by atoms with Crippen LogP contribution >= 0.6 is 0 Å². The third kappa shape index (κ3) is 3.63. The predicted molar refractivity (Wildman–Crippen MR) is 135 cm³/mol. The molecular weight excluding hydrogens is 408 g/mol. The Morgan fingerprint density at radius 3 is 2.52 bits per heavy atom. The topological polar surface area (TPSA) is 57.5 Å². The maximum atomic E-state index is 12.3. The van der Waals surface area contributed by atoms with Gasteiger partial charge < -0.3 is 15.0 Å². The highest BCUT2D eigenvalue weighted by molar-refractivity contribution is 5.55. The Bertz CT molecular complexity index is 824. The summed E-state index contributed by atoms with van der Waals surface area (Å²) in [4.78, 5) is 12.3. The van der Waals surface area contributed by atoms with Crippen LogP contribution < -0.4 is 0 Å². The molecule has 186 valence electrons. The zero-order valence-corrected chi connectivity index (χ0v) is 22.0. The summed E-state index contributed by atoms with van der Waals surface area (Å²) < 4.78 is 0. The van der Waals surface area contributed by atoms with Gasteiger partial charge in [-0.05, 0) is 104 Å². The van der Waals surface area contributed by atoms with Gasteiger partial charge in [0, 0.05) is 5.92 Å². The molecule has 0 aromatic carbocycles. The molecule has 3 nitrogen and oxygen atoms in total. The van der Waals surface area contributed by atoms with Crippen molar-refractivity contribution in [3.05, 3.63) is 23.3 Å². The average Bonchev–Trinajstić information content (AvgIpc) is 3.05. The van der Waals surface area contributed by atoms with E-state index in [9.17, 15) is 15.0 Å². The Balaban J connectivity index is 1.62. The van der Waals surface area contributed by atoms with E-state index < -0.39 is 0 Å². The van der Waals surface area contributed by atoms with E-state index in [-0.39, 0.29) is 40.3 Å². The van der Waals surface area contributed by atoms with Crippen molar-refractivity contribution in [3.63, 3.8) is 0 Å². The molecule has 0 saturated heterocycles. The first-order chi connectivity index (χ1) is 15.5. The second-order valence-corrected chi connectivity index (χ2v) is 13.4. The Kier molecular flexibility index (Phi) is 6.58. The molecular formula is C30H48O3. The summed E-state index contributed by atoms with van der Waals surface area (Å²) in [6.45, 7) is 14.2. The van der Waals surface area contributed by atoms with Crippen LogP contribution in [0.25, 0.3) is 0 Å². The van der Waals surface area contributed by atoms with Crippen LogP contribution in [0.5, 0.6) is 0 Å². The van der Waals surface area contributed by atoms with Crippen LogP contribution in [0.15, 0.2) is 23.3 Å². The van der Waals surface area contributed by atoms with Crippen LogP contribution in [0, 0.1) is 45.3 Å². The van der Waals surface area contributed by atoms with Gasteiger partial charge in [0.2, 0.25) is 0 Å². The van der Waals surface area contributed by atoms with Crippen molar-refractivity contribution in [1.82, 2.24) is 0 Å². The van der Waals surface area contributed by atoms with E-state index in [0.717, 1.165) is 44.1 Å². The maximum Gasteiger partial charge on any atom is 0.123 e. The number of allylic oxidation sites excluding steroid dienone is 3. The predicted octanol–water partition coefficient (Wildman–Crippen LogP) is 6.49. The van der Waals surface area contributed by atoms with Gasteiger partial charge in [-0.25, -0.2) is 0 Å². The minimum Gasteiger partial charge on any atom is -0.393 e. The van der Waals surface area contributed by atoms with Gasteiger partial charge in [0.05, 0.1) is 12.7 Å². The SMILES string of the molecule is C/C(=C/CCC(C=O)C1CC[C@]2(C)C3=CCC4C(C)(C)C(O)CC[C@]4(C)C3CCC12C)CO. The number of aliphatic hydroxyl groups excluding tert-OH is 2. The molecule has 0 aromatic rings. The van der Waals surface area contributed by atoms with Crippen molar-refractivity contribution in [2.24, 2.45) is 45.3 Å². The molecule has 0 aromatic heterocycles. The molecule has 6 unspecified atom stereocenters. The molecule has 2 N–H and O–H groups in total. The number of carbonyl (C=O) groups excluding carboxylic acids is 1. The van der Waals surface area contributed by atoms with Gasteiger partial charge in [-0.2, -0.15) is 0 Å². The average molecular weight is 457 g/mol. The van der Waals surface area contributed by atoms with Crippen molar-refractivity contribution in [2.45, 2.75) is 105 Å². The molecule has 3 fully saturated rings. The third-order valence-corrected chi connectivity index (χ3v) is 11.8. The summed E-state index contributed by atoms with van der Waals surface area (Å²) in [5, 5.41) is 20.1. The normalized spacial score (nSPS) is 45.5. The standard InChI is InChI=1S/C30H48O3/c1-20(18-31)8-7-9-21(19-32)22-12-16-30(6)24-10-11-25-27(2,3)26(33)14-15-28(25,4)23(24)13-17-29(22,30)5/h8,10,19,21-23,25-26,31,33H,7,9,11-18H2,1-6H3/b20-8-/t21?,22?,23?,25?,26?,28-,29?,30-/m1/s1. The summed E-state index contributed by atoms with van der Waals surface area (Å²) in [5.41, 5.74) is 3.28. The summed E-state index contributed by atoms with van der Waals surface area (Å²) in [6, 6.07) is 0. The van der Waals surface area contributed by atoms with Gasteiger partial charge in [0.15, 0.2) is 0 Å². The zero-order chi connectivity index (χ0) is 24.2. The summed E-state index contributed by atoms with van der Waals surface area (Å²) >= 11 is 0. The first-order valence-corrected chi connectivity index (χ1v) is 13.6. The zero-order valence-electron chi connectivity index (χ0n) is 22.0. The molecule has 4 rings (SSSR count). The second kappa shape index (κ2) is 8.63. The van der Waals surface area contributed by atoms with Gasteiger partial charge >= 0.3 is 0 Å². The Morgan fingerprint density at radius 2 is 1.85 bits per heavy atom. The molecule has 4 aliphatic carbocycles. The molecule has 3 heteroatoms. The van der Waals surface area contributed by atoms with Crippen molar-refractivity contribution in [2.75, 3.05) is 6.61 Å². The van der Waals surface area contributed by atoms with Crippen molar-refractivity contribution in [3.8, 4) is 0 Å². The van der Waals surface area contributed by atoms with E-state index in [4.69, 9.17) is 0 Å². The van der Waals surface area contributed by atoms with E-state index in [1.165, 1.54) is 25.5 Å². The monoisotopic (exact) mass is 456 g/mol. The number of aliphatic hydroxyl groups is 2. The lowest BCUT2D eigenvalue weighted by molar-refractivity contribution is -0.133. The van der Waals surface area contributed by atoms with Gasteiger partial charge in [0.1, 0.15) is 6.29 Å². The highest BCUT2D eigenvalue weighted by atomic mass is 16.3. The number of rotatable bonds is 6. The molecule has 33 heavy (non-hydrogen) atoms. The van der Waals surface area contributed by atoms with Gasteiger partial charge in [-0.1, -0.05) is 57.9 Å². The van der Waals surface area contributed by atoms with Crippen molar-refractivity contribution >= 4 is 6.29 Å². The summed E-state index contributed by atoms with van der Waals surface area (Å²) in [7, 11) is 0. The number of hydrogen-bond acceptors (Lipinski definition) is 3. The lowest BCUT2D eigenvalue weighted by Gasteiger charge is -2.64. The highest BCUT2D eigenvalue weighted by Crippen LogP contribution is 2.73. The van der Waals surface area contributed by atoms with E-state index in [0.29, 0.717) is 17.8 Å². The lowest BCUT2D eigenvalue weighted by atomic mass is 9.41. The maximum absolute atomic E-state index is 12.3. The Morgan fingerprint density at radius 1 is 1.12 bits per heavy atom. The molecule has 0 aliphatic heterocycles. The molecule has 8 atom stereocenters. The van der Waals surface area contributed by atoms with Crippen LogP contribution in [-0.4, -0.2) is 29.2 Å². The Hall–Kier alpha value is -0.930.